The Bertz CT molecular complexity index is 716. The van der Waals surface area contributed by atoms with E-state index in [4.69, 9.17) is 4.74 Å². The lowest BCUT2D eigenvalue weighted by atomic mass is 10.2. The van der Waals surface area contributed by atoms with Gasteiger partial charge in [-0.25, -0.2) is 4.98 Å². The number of hydrogen-bond acceptors (Lipinski definition) is 3. The number of pyridine rings is 1. The van der Waals surface area contributed by atoms with Crippen molar-refractivity contribution in [2.75, 3.05) is 7.05 Å². The van der Waals surface area contributed by atoms with Gasteiger partial charge < -0.3 is 15.0 Å². The Balaban J connectivity index is 1.91. The highest BCUT2D eigenvalue weighted by atomic mass is 16.5. The van der Waals surface area contributed by atoms with Gasteiger partial charge in [-0.2, -0.15) is 0 Å². The van der Waals surface area contributed by atoms with Gasteiger partial charge in [0.15, 0.2) is 0 Å². The summed E-state index contributed by atoms with van der Waals surface area (Å²) >= 11 is 0. The molecule has 2 heterocycles. The molecule has 0 spiro atoms. The number of nitrogens with one attached hydrogen (secondary N) is 2. The van der Waals surface area contributed by atoms with Crippen molar-refractivity contribution < 1.29 is 4.74 Å². The van der Waals surface area contributed by atoms with Gasteiger partial charge in [0.05, 0.1) is 5.39 Å². The number of nitrogens with zero attached hydrogens (tertiary/aromatic N) is 1. The van der Waals surface area contributed by atoms with Crippen molar-refractivity contribution in [1.29, 1.82) is 0 Å². The van der Waals surface area contributed by atoms with E-state index in [0.717, 1.165) is 34.6 Å². The normalized spacial score (nSPS) is 10.9. The number of ether oxygens (including phenoxy) is 1. The summed E-state index contributed by atoms with van der Waals surface area (Å²) in [6, 6.07) is 9.99. The van der Waals surface area contributed by atoms with Crippen molar-refractivity contribution in [3.8, 4) is 11.5 Å². The summed E-state index contributed by atoms with van der Waals surface area (Å²) in [7, 11) is 1.94. The highest BCUT2D eigenvalue weighted by Crippen LogP contribution is 2.30. The van der Waals surface area contributed by atoms with Crippen LogP contribution in [0.1, 0.15) is 11.1 Å². The van der Waals surface area contributed by atoms with Crippen molar-refractivity contribution in [3.05, 3.63) is 53.9 Å². The highest BCUT2D eigenvalue weighted by molar-refractivity contribution is 5.86. The second kappa shape index (κ2) is 5.35. The Morgan fingerprint density at radius 3 is 2.75 bits per heavy atom. The minimum Gasteiger partial charge on any atom is -0.457 e. The van der Waals surface area contributed by atoms with Crippen molar-refractivity contribution in [2.24, 2.45) is 0 Å². The Morgan fingerprint density at radius 2 is 2.00 bits per heavy atom. The lowest BCUT2D eigenvalue weighted by Gasteiger charge is -2.08. The summed E-state index contributed by atoms with van der Waals surface area (Å²) in [5, 5.41) is 4.16. The summed E-state index contributed by atoms with van der Waals surface area (Å²) in [5.41, 5.74) is 3.22. The zero-order valence-corrected chi connectivity index (χ0v) is 11.6. The second-order valence-electron chi connectivity index (χ2n) is 4.78. The average molecular weight is 267 g/mol. The molecule has 0 aliphatic carbocycles. The molecule has 0 atom stereocenters. The van der Waals surface area contributed by atoms with Crippen LogP contribution in [0.4, 0.5) is 0 Å². The first-order valence-corrected chi connectivity index (χ1v) is 6.62. The largest absolute Gasteiger partial charge is 0.457 e. The molecule has 0 aliphatic heterocycles. The quantitative estimate of drug-likeness (QED) is 0.762. The number of H-pyrrole nitrogens is 1. The van der Waals surface area contributed by atoms with E-state index in [9.17, 15) is 0 Å². The minimum absolute atomic E-state index is 0.829. The van der Waals surface area contributed by atoms with Gasteiger partial charge in [-0.15, -0.1) is 0 Å². The van der Waals surface area contributed by atoms with Crippen molar-refractivity contribution >= 4 is 11.0 Å². The fourth-order valence-electron chi connectivity index (χ4n) is 2.27. The van der Waals surface area contributed by atoms with Crippen LogP contribution in [0.25, 0.3) is 11.0 Å². The molecule has 0 bridgehead atoms. The third kappa shape index (κ3) is 2.38. The summed E-state index contributed by atoms with van der Waals surface area (Å²) in [6.45, 7) is 2.90. The Hall–Kier alpha value is -2.33. The molecule has 0 saturated carbocycles. The van der Waals surface area contributed by atoms with Gasteiger partial charge in [-0.3, -0.25) is 0 Å². The van der Waals surface area contributed by atoms with E-state index in [0.29, 0.717) is 0 Å². The molecule has 0 aliphatic rings. The third-order valence-electron chi connectivity index (χ3n) is 3.26. The van der Waals surface area contributed by atoms with Gasteiger partial charge in [-0.05, 0) is 43.3 Å². The number of fused-ring (bicyclic) bond motifs is 1. The first kappa shape index (κ1) is 12.7. The van der Waals surface area contributed by atoms with Crippen LogP contribution in [0, 0.1) is 6.92 Å². The smallest absolute Gasteiger partial charge is 0.141 e. The summed E-state index contributed by atoms with van der Waals surface area (Å²) in [6.07, 6.45) is 3.70. The zero-order chi connectivity index (χ0) is 13.9. The Labute approximate surface area is 117 Å². The van der Waals surface area contributed by atoms with E-state index < -0.39 is 0 Å². The molecule has 0 saturated heterocycles. The molecular formula is C16H17N3O. The van der Waals surface area contributed by atoms with E-state index in [1.54, 1.807) is 6.20 Å². The SMILES string of the molecule is CNCc1ccc(Oc2ccnc3[nH]cc(C)c23)cc1. The van der Waals surface area contributed by atoms with Crippen LogP contribution < -0.4 is 10.1 Å². The first-order chi connectivity index (χ1) is 9.78. The summed E-state index contributed by atoms with van der Waals surface area (Å²) in [4.78, 5) is 7.44. The standard InChI is InChI=1S/C16H17N3O/c1-11-9-19-16-15(11)14(7-8-18-16)20-13-5-3-12(4-6-13)10-17-2/h3-9,17H,10H2,1-2H3,(H,18,19). The van der Waals surface area contributed by atoms with Crippen LogP contribution in [0.2, 0.25) is 0 Å². The molecule has 20 heavy (non-hydrogen) atoms. The predicted octanol–water partition coefficient (Wildman–Crippen LogP) is 3.38. The van der Waals surface area contributed by atoms with Gasteiger partial charge in [-0.1, -0.05) is 12.1 Å². The minimum atomic E-state index is 0.829. The molecule has 4 heteroatoms. The van der Waals surface area contributed by atoms with Crippen molar-refractivity contribution in [1.82, 2.24) is 15.3 Å². The molecule has 102 valence electrons. The number of rotatable bonds is 4. The molecule has 0 fully saturated rings. The van der Waals surface area contributed by atoms with E-state index in [2.05, 4.69) is 27.4 Å². The lowest BCUT2D eigenvalue weighted by Crippen LogP contribution is -2.04. The molecular weight excluding hydrogens is 250 g/mol. The van der Waals surface area contributed by atoms with Crippen LogP contribution in [0.15, 0.2) is 42.7 Å². The van der Waals surface area contributed by atoms with Crippen LogP contribution in [0.3, 0.4) is 0 Å². The molecule has 3 aromatic rings. The Kier molecular flexibility index (Phi) is 3.39. The van der Waals surface area contributed by atoms with Gasteiger partial charge in [0, 0.05) is 18.9 Å². The fraction of sp³-hybridized carbons (Fsp3) is 0.188. The molecule has 0 unspecified atom stereocenters. The van der Waals surface area contributed by atoms with E-state index in [1.165, 1.54) is 5.56 Å². The maximum absolute atomic E-state index is 5.98. The number of benzene rings is 1. The molecule has 0 radical (unpaired) electrons. The first-order valence-electron chi connectivity index (χ1n) is 6.62. The van der Waals surface area contributed by atoms with Crippen molar-refractivity contribution in [2.45, 2.75) is 13.5 Å². The molecule has 2 N–H and O–H groups in total. The highest BCUT2D eigenvalue weighted by Gasteiger charge is 2.08. The average Bonchev–Trinajstić information content (AvgIpc) is 2.84. The van der Waals surface area contributed by atoms with Crippen LogP contribution >= 0.6 is 0 Å². The number of hydrogen-bond donors (Lipinski definition) is 2. The maximum atomic E-state index is 5.98. The zero-order valence-electron chi connectivity index (χ0n) is 11.6. The Morgan fingerprint density at radius 1 is 1.20 bits per heavy atom. The fourth-order valence-corrected chi connectivity index (χ4v) is 2.27. The number of aromatic nitrogens is 2. The van der Waals surface area contributed by atoms with Gasteiger partial charge >= 0.3 is 0 Å². The van der Waals surface area contributed by atoms with Crippen LogP contribution in [-0.2, 0) is 6.54 Å². The van der Waals surface area contributed by atoms with Gasteiger partial charge in [0.25, 0.3) is 0 Å². The third-order valence-corrected chi connectivity index (χ3v) is 3.26. The monoisotopic (exact) mass is 267 g/mol. The molecule has 3 rings (SSSR count). The van der Waals surface area contributed by atoms with E-state index in [1.807, 2.05) is 38.4 Å². The molecule has 2 aromatic heterocycles. The van der Waals surface area contributed by atoms with E-state index >= 15 is 0 Å². The summed E-state index contributed by atoms with van der Waals surface area (Å²) in [5.74, 6) is 1.66. The maximum Gasteiger partial charge on any atom is 0.141 e. The molecule has 1 aromatic carbocycles. The van der Waals surface area contributed by atoms with Crippen LogP contribution in [0.5, 0.6) is 11.5 Å². The topological polar surface area (TPSA) is 49.9 Å². The van der Waals surface area contributed by atoms with Crippen molar-refractivity contribution in [3.63, 3.8) is 0 Å². The number of aromatic amines is 1. The van der Waals surface area contributed by atoms with Gasteiger partial charge in [0.1, 0.15) is 17.1 Å². The van der Waals surface area contributed by atoms with E-state index in [-0.39, 0.29) is 0 Å². The molecule has 0 amide bonds. The predicted molar refractivity (Wildman–Crippen MR) is 80.1 cm³/mol. The van der Waals surface area contributed by atoms with Crippen LogP contribution in [-0.4, -0.2) is 17.0 Å². The second-order valence-corrected chi connectivity index (χ2v) is 4.78. The number of aryl methyl sites for hydroxylation is 1. The van der Waals surface area contributed by atoms with Gasteiger partial charge in [0.2, 0.25) is 0 Å². The molecule has 4 nitrogen and oxygen atoms in total. The summed E-state index contributed by atoms with van der Waals surface area (Å²) < 4.78 is 5.98. The lowest BCUT2D eigenvalue weighted by molar-refractivity contribution is 0.487.